The summed E-state index contributed by atoms with van der Waals surface area (Å²) < 4.78 is 0. The van der Waals surface area contributed by atoms with E-state index in [4.69, 9.17) is 5.73 Å². The molecule has 18 heavy (non-hydrogen) atoms. The SMILES string of the molecule is CNNC(=O)C(N)c1ccc2c(c1)CC(=O)N2C. The van der Waals surface area contributed by atoms with Crippen LogP contribution < -0.4 is 21.5 Å². The van der Waals surface area contributed by atoms with Gasteiger partial charge in [-0.1, -0.05) is 12.1 Å². The maximum Gasteiger partial charge on any atom is 0.255 e. The van der Waals surface area contributed by atoms with E-state index in [1.807, 2.05) is 12.1 Å². The van der Waals surface area contributed by atoms with Crippen molar-refractivity contribution in [2.75, 3.05) is 19.0 Å². The molecular weight excluding hydrogens is 232 g/mol. The Labute approximate surface area is 105 Å². The van der Waals surface area contributed by atoms with Gasteiger partial charge in [0, 0.05) is 19.8 Å². The lowest BCUT2D eigenvalue weighted by Gasteiger charge is -2.14. The van der Waals surface area contributed by atoms with Crippen LogP contribution in [-0.4, -0.2) is 25.9 Å². The number of hydrogen-bond acceptors (Lipinski definition) is 4. The van der Waals surface area contributed by atoms with E-state index in [1.165, 1.54) is 0 Å². The van der Waals surface area contributed by atoms with Gasteiger partial charge in [0.2, 0.25) is 5.91 Å². The molecule has 0 saturated heterocycles. The third-order valence-corrected chi connectivity index (χ3v) is 3.07. The fraction of sp³-hybridized carbons (Fsp3) is 0.333. The summed E-state index contributed by atoms with van der Waals surface area (Å²) in [5.74, 6) is -0.259. The van der Waals surface area contributed by atoms with Crippen LogP contribution >= 0.6 is 0 Å². The van der Waals surface area contributed by atoms with Gasteiger partial charge in [-0.15, -0.1) is 0 Å². The van der Waals surface area contributed by atoms with Crippen LogP contribution in [0.3, 0.4) is 0 Å². The number of benzene rings is 1. The summed E-state index contributed by atoms with van der Waals surface area (Å²) in [5.41, 5.74) is 13.3. The number of carbonyl (C=O) groups is 2. The zero-order chi connectivity index (χ0) is 13.3. The van der Waals surface area contributed by atoms with Gasteiger partial charge < -0.3 is 10.6 Å². The lowest BCUT2D eigenvalue weighted by Crippen LogP contribution is -2.40. The van der Waals surface area contributed by atoms with E-state index < -0.39 is 6.04 Å². The summed E-state index contributed by atoms with van der Waals surface area (Å²) in [6, 6.07) is 4.66. The average molecular weight is 248 g/mol. The van der Waals surface area contributed by atoms with E-state index in [1.54, 1.807) is 25.1 Å². The molecule has 6 heteroatoms. The first-order valence-electron chi connectivity index (χ1n) is 5.66. The third kappa shape index (κ3) is 2.07. The van der Waals surface area contributed by atoms with Gasteiger partial charge in [0.25, 0.3) is 5.91 Å². The number of carbonyl (C=O) groups excluding carboxylic acids is 2. The van der Waals surface area contributed by atoms with Gasteiger partial charge in [0.15, 0.2) is 0 Å². The Balaban J connectivity index is 2.25. The van der Waals surface area contributed by atoms with Crippen molar-refractivity contribution in [3.63, 3.8) is 0 Å². The number of fused-ring (bicyclic) bond motifs is 1. The van der Waals surface area contributed by atoms with Gasteiger partial charge in [-0.2, -0.15) is 0 Å². The molecule has 0 aliphatic carbocycles. The molecule has 1 unspecified atom stereocenters. The minimum absolute atomic E-state index is 0.0513. The predicted octanol–water partition coefficient (Wildman–Crippen LogP) is -0.544. The topological polar surface area (TPSA) is 87.5 Å². The minimum Gasteiger partial charge on any atom is -0.316 e. The molecule has 1 atom stereocenters. The standard InChI is InChI=1S/C12H16N4O2/c1-14-15-12(18)11(13)7-3-4-9-8(5-7)6-10(17)16(9)2/h3-5,11,14H,6,13H2,1-2H3,(H,15,18). The summed E-state index contributed by atoms with van der Waals surface area (Å²) in [6.45, 7) is 0. The molecule has 0 spiro atoms. The largest absolute Gasteiger partial charge is 0.316 e. The van der Waals surface area contributed by atoms with Gasteiger partial charge >= 0.3 is 0 Å². The molecule has 0 fully saturated rings. The van der Waals surface area contributed by atoms with Crippen molar-refractivity contribution in [1.29, 1.82) is 0 Å². The first-order chi connectivity index (χ1) is 8.54. The van der Waals surface area contributed by atoms with Crippen LogP contribution in [0.25, 0.3) is 0 Å². The molecule has 0 radical (unpaired) electrons. The molecule has 2 amide bonds. The van der Waals surface area contributed by atoms with Gasteiger partial charge in [-0.3, -0.25) is 15.0 Å². The normalized spacial score (nSPS) is 15.5. The quantitative estimate of drug-likeness (QED) is 0.627. The number of anilines is 1. The zero-order valence-electron chi connectivity index (χ0n) is 10.4. The smallest absolute Gasteiger partial charge is 0.255 e. The molecule has 1 aromatic rings. The van der Waals surface area contributed by atoms with Crippen molar-refractivity contribution >= 4 is 17.5 Å². The Hall–Kier alpha value is -1.92. The highest BCUT2D eigenvalue weighted by atomic mass is 16.2. The van der Waals surface area contributed by atoms with E-state index in [-0.39, 0.29) is 11.8 Å². The number of hydrazine groups is 1. The van der Waals surface area contributed by atoms with Crippen molar-refractivity contribution in [2.45, 2.75) is 12.5 Å². The van der Waals surface area contributed by atoms with Gasteiger partial charge in [0.05, 0.1) is 6.42 Å². The number of rotatable bonds is 3. The van der Waals surface area contributed by atoms with E-state index in [0.717, 1.165) is 11.3 Å². The molecule has 1 heterocycles. The fourth-order valence-electron chi connectivity index (χ4n) is 2.04. The summed E-state index contributed by atoms with van der Waals surface area (Å²) in [6.07, 6.45) is 0.361. The molecule has 1 aromatic carbocycles. The molecule has 6 nitrogen and oxygen atoms in total. The van der Waals surface area contributed by atoms with E-state index in [9.17, 15) is 9.59 Å². The van der Waals surface area contributed by atoms with Crippen LogP contribution in [0.15, 0.2) is 18.2 Å². The summed E-state index contributed by atoms with van der Waals surface area (Å²) in [4.78, 5) is 24.8. The lowest BCUT2D eigenvalue weighted by molar-refractivity contribution is -0.123. The second-order valence-corrected chi connectivity index (χ2v) is 4.23. The van der Waals surface area contributed by atoms with Gasteiger partial charge in [-0.05, 0) is 17.2 Å². The van der Waals surface area contributed by atoms with E-state index >= 15 is 0 Å². The highest BCUT2D eigenvalue weighted by molar-refractivity contribution is 6.01. The van der Waals surface area contributed by atoms with Crippen LogP contribution in [0.1, 0.15) is 17.2 Å². The van der Waals surface area contributed by atoms with E-state index in [0.29, 0.717) is 12.0 Å². The van der Waals surface area contributed by atoms with Crippen molar-refractivity contribution in [1.82, 2.24) is 10.9 Å². The van der Waals surface area contributed by atoms with Crippen LogP contribution in [-0.2, 0) is 16.0 Å². The molecule has 0 aromatic heterocycles. The predicted molar refractivity (Wildman–Crippen MR) is 67.7 cm³/mol. The molecule has 1 aliphatic rings. The molecule has 0 saturated carbocycles. The molecule has 2 rings (SSSR count). The van der Waals surface area contributed by atoms with Gasteiger partial charge in [0.1, 0.15) is 6.04 Å². The highest BCUT2D eigenvalue weighted by Gasteiger charge is 2.25. The second kappa shape index (κ2) is 4.75. The van der Waals surface area contributed by atoms with Crippen molar-refractivity contribution < 1.29 is 9.59 Å². The Bertz CT molecular complexity index is 501. The Morgan fingerprint density at radius 1 is 1.50 bits per heavy atom. The van der Waals surface area contributed by atoms with Crippen molar-refractivity contribution in [3.8, 4) is 0 Å². The van der Waals surface area contributed by atoms with Crippen LogP contribution in [0, 0.1) is 0 Å². The number of amides is 2. The lowest BCUT2D eigenvalue weighted by atomic mass is 10.0. The summed E-state index contributed by atoms with van der Waals surface area (Å²) >= 11 is 0. The van der Waals surface area contributed by atoms with E-state index in [2.05, 4.69) is 10.9 Å². The molecule has 4 N–H and O–H groups in total. The van der Waals surface area contributed by atoms with Gasteiger partial charge in [-0.25, -0.2) is 5.43 Å². The average Bonchev–Trinajstić information content (AvgIpc) is 2.64. The molecular formula is C12H16N4O2. The molecule has 0 bridgehead atoms. The maximum atomic E-state index is 11.6. The molecule has 96 valence electrons. The Morgan fingerprint density at radius 2 is 2.22 bits per heavy atom. The van der Waals surface area contributed by atoms with Crippen molar-refractivity contribution in [3.05, 3.63) is 29.3 Å². The van der Waals surface area contributed by atoms with Crippen LogP contribution in [0.4, 0.5) is 5.69 Å². The third-order valence-electron chi connectivity index (χ3n) is 3.07. The fourth-order valence-corrected chi connectivity index (χ4v) is 2.04. The maximum absolute atomic E-state index is 11.6. The first-order valence-corrected chi connectivity index (χ1v) is 5.66. The zero-order valence-corrected chi connectivity index (χ0v) is 10.4. The summed E-state index contributed by atoms with van der Waals surface area (Å²) in [5, 5.41) is 0. The van der Waals surface area contributed by atoms with Crippen LogP contribution in [0.2, 0.25) is 0 Å². The number of nitrogens with two attached hydrogens (primary N) is 1. The number of nitrogens with one attached hydrogen (secondary N) is 2. The number of likely N-dealkylation sites (N-methyl/N-ethyl adjacent to an activating group) is 1. The minimum atomic E-state index is -0.747. The highest BCUT2D eigenvalue weighted by Crippen LogP contribution is 2.29. The first kappa shape index (κ1) is 12.5. The number of hydrogen-bond donors (Lipinski definition) is 3. The monoisotopic (exact) mass is 248 g/mol. The summed E-state index contributed by atoms with van der Waals surface area (Å²) in [7, 11) is 3.34. The van der Waals surface area contributed by atoms with Crippen molar-refractivity contribution in [2.24, 2.45) is 5.73 Å². The Morgan fingerprint density at radius 3 is 2.89 bits per heavy atom. The van der Waals surface area contributed by atoms with Crippen LogP contribution in [0.5, 0.6) is 0 Å². The molecule has 1 aliphatic heterocycles. The number of nitrogens with zero attached hydrogens (tertiary/aromatic N) is 1. The second-order valence-electron chi connectivity index (χ2n) is 4.23. The Kier molecular flexibility index (Phi) is 3.31.